The van der Waals surface area contributed by atoms with Crippen LogP contribution in [-0.4, -0.2) is 24.2 Å². The second-order valence-electron chi connectivity index (χ2n) is 5.60. The van der Waals surface area contributed by atoms with Crippen molar-refractivity contribution in [1.82, 2.24) is 4.98 Å². The first-order chi connectivity index (χ1) is 8.86. The molecule has 1 aliphatic heterocycles. The van der Waals surface area contributed by atoms with Crippen molar-refractivity contribution in [2.45, 2.75) is 44.1 Å². The molecule has 0 bridgehead atoms. The average molecular weight is 246 g/mol. The van der Waals surface area contributed by atoms with E-state index in [4.69, 9.17) is 10.5 Å². The van der Waals surface area contributed by atoms with Crippen LogP contribution in [0.3, 0.4) is 0 Å². The lowest BCUT2D eigenvalue weighted by molar-refractivity contribution is 0.0400. The summed E-state index contributed by atoms with van der Waals surface area (Å²) in [5, 5.41) is 0. The molecule has 2 N–H and O–H groups in total. The summed E-state index contributed by atoms with van der Waals surface area (Å²) in [6.07, 6.45) is 7.85. The number of hydrogen-bond donors (Lipinski definition) is 1. The zero-order chi connectivity index (χ0) is 12.4. The summed E-state index contributed by atoms with van der Waals surface area (Å²) in [5.74, 6) is 0.943. The lowest BCUT2D eigenvalue weighted by Gasteiger charge is -2.35. The molecule has 3 rings (SSSR count). The van der Waals surface area contributed by atoms with Gasteiger partial charge in [0.2, 0.25) is 0 Å². The van der Waals surface area contributed by atoms with Crippen molar-refractivity contribution in [3.63, 3.8) is 0 Å². The minimum atomic E-state index is 0.208. The summed E-state index contributed by atoms with van der Waals surface area (Å²) >= 11 is 0. The second kappa shape index (κ2) is 5.37. The molecule has 0 amide bonds. The number of hydrogen-bond acceptors (Lipinski definition) is 3. The number of pyridine rings is 1. The van der Waals surface area contributed by atoms with Crippen molar-refractivity contribution in [2.24, 2.45) is 11.7 Å². The van der Waals surface area contributed by atoms with Crippen molar-refractivity contribution < 1.29 is 4.74 Å². The maximum Gasteiger partial charge on any atom is 0.0509 e. The van der Waals surface area contributed by atoms with Crippen molar-refractivity contribution in [1.29, 1.82) is 0 Å². The Bertz CT molecular complexity index is 401. The first-order valence-electron chi connectivity index (χ1n) is 7.13. The van der Waals surface area contributed by atoms with E-state index in [1.807, 2.05) is 12.3 Å². The van der Waals surface area contributed by atoms with Crippen molar-refractivity contribution in [2.75, 3.05) is 13.2 Å². The highest BCUT2D eigenvalue weighted by Gasteiger charge is 2.32. The molecule has 1 fully saturated rings. The van der Waals surface area contributed by atoms with Gasteiger partial charge in [0.05, 0.1) is 6.61 Å². The van der Waals surface area contributed by atoms with Crippen LogP contribution in [0.15, 0.2) is 18.3 Å². The molecule has 18 heavy (non-hydrogen) atoms. The van der Waals surface area contributed by atoms with Crippen LogP contribution < -0.4 is 5.73 Å². The molecule has 2 heterocycles. The molecule has 1 aromatic rings. The van der Waals surface area contributed by atoms with Crippen LogP contribution in [0.25, 0.3) is 0 Å². The third-order valence-electron chi connectivity index (χ3n) is 4.44. The van der Waals surface area contributed by atoms with E-state index in [1.165, 1.54) is 30.5 Å². The van der Waals surface area contributed by atoms with Crippen LogP contribution in [0, 0.1) is 5.92 Å². The zero-order valence-corrected chi connectivity index (χ0v) is 10.8. The lowest BCUT2D eigenvalue weighted by atomic mass is 9.76. The summed E-state index contributed by atoms with van der Waals surface area (Å²) in [4.78, 5) is 4.60. The molecule has 2 aliphatic rings. The van der Waals surface area contributed by atoms with Gasteiger partial charge in [-0.2, -0.15) is 0 Å². The first-order valence-corrected chi connectivity index (χ1v) is 7.13. The average Bonchev–Trinajstić information content (AvgIpc) is 2.47. The van der Waals surface area contributed by atoms with Gasteiger partial charge < -0.3 is 10.5 Å². The number of aromatic nitrogens is 1. The Morgan fingerprint density at radius 1 is 1.33 bits per heavy atom. The second-order valence-corrected chi connectivity index (χ2v) is 5.60. The van der Waals surface area contributed by atoms with Gasteiger partial charge in [0, 0.05) is 30.5 Å². The predicted octanol–water partition coefficient (Wildman–Crippen LogP) is 2.26. The van der Waals surface area contributed by atoms with E-state index in [2.05, 4.69) is 11.1 Å². The van der Waals surface area contributed by atoms with Gasteiger partial charge in [-0.15, -0.1) is 0 Å². The Hall–Kier alpha value is -0.930. The van der Waals surface area contributed by atoms with Gasteiger partial charge in [0.15, 0.2) is 0 Å². The summed E-state index contributed by atoms with van der Waals surface area (Å²) in [6, 6.07) is 4.45. The van der Waals surface area contributed by atoms with Crippen LogP contribution in [0.5, 0.6) is 0 Å². The fraction of sp³-hybridized carbons (Fsp3) is 0.667. The molecule has 1 aliphatic carbocycles. The molecular weight excluding hydrogens is 224 g/mol. The standard InChI is InChI=1S/C15H22N2O/c16-14(12-6-3-9-18-10-12)13-7-1-4-11-5-2-8-17-15(11)13/h2,5,8,12-14H,1,3-4,6-7,9-10,16H2. The highest BCUT2D eigenvalue weighted by molar-refractivity contribution is 5.27. The molecule has 0 aromatic carbocycles. The van der Waals surface area contributed by atoms with Crippen LogP contribution >= 0.6 is 0 Å². The van der Waals surface area contributed by atoms with E-state index in [-0.39, 0.29) is 6.04 Å². The third-order valence-corrected chi connectivity index (χ3v) is 4.44. The fourth-order valence-corrected chi connectivity index (χ4v) is 3.42. The minimum absolute atomic E-state index is 0.208. The first kappa shape index (κ1) is 12.1. The highest BCUT2D eigenvalue weighted by atomic mass is 16.5. The van der Waals surface area contributed by atoms with Crippen LogP contribution in [0.2, 0.25) is 0 Å². The van der Waals surface area contributed by atoms with E-state index >= 15 is 0 Å². The van der Waals surface area contributed by atoms with Crippen molar-refractivity contribution in [3.8, 4) is 0 Å². The molecule has 3 unspecified atom stereocenters. The van der Waals surface area contributed by atoms with Gasteiger partial charge >= 0.3 is 0 Å². The van der Waals surface area contributed by atoms with Crippen molar-refractivity contribution in [3.05, 3.63) is 29.6 Å². The fourth-order valence-electron chi connectivity index (χ4n) is 3.42. The number of fused-ring (bicyclic) bond motifs is 1. The van der Waals surface area contributed by atoms with Gasteiger partial charge in [-0.1, -0.05) is 6.07 Å². The lowest BCUT2D eigenvalue weighted by Crippen LogP contribution is -2.41. The Labute approximate surface area is 109 Å². The normalized spacial score (nSPS) is 29.6. The summed E-state index contributed by atoms with van der Waals surface area (Å²) in [5.41, 5.74) is 9.17. The molecule has 3 atom stereocenters. The van der Waals surface area contributed by atoms with Gasteiger partial charge in [-0.25, -0.2) is 0 Å². The number of nitrogens with zero attached hydrogens (tertiary/aromatic N) is 1. The number of aryl methyl sites for hydroxylation is 1. The highest BCUT2D eigenvalue weighted by Crippen LogP contribution is 2.35. The van der Waals surface area contributed by atoms with Gasteiger partial charge in [0.25, 0.3) is 0 Å². The van der Waals surface area contributed by atoms with E-state index < -0.39 is 0 Å². The number of ether oxygens (including phenoxy) is 1. The zero-order valence-electron chi connectivity index (χ0n) is 10.8. The molecule has 98 valence electrons. The maximum atomic E-state index is 6.52. The quantitative estimate of drug-likeness (QED) is 0.870. The number of nitrogens with two attached hydrogens (primary N) is 1. The topological polar surface area (TPSA) is 48.1 Å². The summed E-state index contributed by atoms with van der Waals surface area (Å²) in [6.45, 7) is 1.74. The summed E-state index contributed by atoms with van der Waals surface area (Å²) in [7, 11) is 0. The molecule has 0 saturated carbocycles. The third kappa shape index (κ3) is 2.29. The number of rotatable bonds is 2. The van der Waals surface area contributed by atoms with E-state index in [9.17, 15) is 0 Å². The van der Waals surface area contributed by atoms with E-state index in [0.717, 1.165) is 26.1 Å². The monoisotopic (exact) mass is 246 g/mol. The molecule has 1 saturated heterocycles. The van der Waals surface area contributed by atoms with E-state index in [1.54, 1.807) is 0 Å². The van der Waals surface area contributed by atoms with Gasteiger partial charge in [-0.05, 0) is 49.7 Å². The molecule has 1 aromatic heterocycles. The largest absolute Gasteiger partial charge is 0.381 e. The Kier molecular flexibility index (Phi) is 3.62. The SMILES string of the molecule is NC(C1CCCOC1)C1CCCc2cccnc21. The Balaban J connectivity index is 1.80. The van der Waals surface area contributed by atoms with Crippen molar-refractivity contribution >= 4 is 0 Å². The molecule has 0 radical (unpaired) electrons. The molecule has 3 heteroatoms. The minimum Gasteiger partial charge on any atom is -0.381 e. The molecule has 0 spiro atoms. The van der Waals surface area contributed by atoms with E-state index in [0.29, 0.717) is 11.8 Å². The summed E-state index contributed by atoms with van der Waals surface area (Å²) < 4.78 is 5.58. The van der Waals surface area contributed by atoms with Gasteiger partial charge in [0.1, 0.15) is 0 Å². The van der Waals surface area contributed by atoms with Crippen LogP contribution in [0.1, 0.15) is 42.9 Å². The maximum absolute atomic E-state index is 6.52. The smallest absolute Gasteiger partial charge is 0.0509 e. The Morgan fingerprint density at radius 2 is 2.28 bits per heavy atom. The molecular formula is C15H22N2O. The Morgan fingerprint density at radius 3 is 3.11 bits per heavy atom. The van der Waals surface area contributed by atoms with Gasteiger partial charge in [-0.3, -0.25) is 4.98 Å². The molecule has 3 nitrogen and oxygen atoms in total. The predicted molar refractivity (Wildman–Crippen MR) is 71.4 cm³/mol. The van der Waals surface area contributed by atoms with Crippen LogP contribution in [0.4, 0.5) is 0 Å². The van der Waals surface area contributed by atoms with Crippen LogP contribution in [-0.2, 0) is 11.2 Å².